The summed E-state index contributed by atoms with van der Waals surface area (Å²) in [6.45, 7) is 5.49. The Hall–Kier alpha value is -0.570. The molecule has 0 amide bonds. The lowest BCUT2D eigenvalue weighted by atomic mass is 10.2. The third-order valence-corrected chi connectivity index (χ3v) is 2.30. The summed E-state index contributed by atoms with van der Waals surface area (Å²) in [6, 6.07) is 7.91. The number of ether oxygens (including phenoxy) is 1. The molecule has 0 unspecified atom stereocenters. The summed E-state index contributed by atoms with van der Waals surface area (Å²) in [7, 11) is 0. The maximum absolute atomic E-state index is 5.88. The molecule has 0 aliphatic heterocycles. The SMILES string of the molecule is CCOCCCNCc1cccc(Cl)c1. The highest BCUT2D eigenvalue weighted by atomic mass is 35.5. The Morgan fingerprint density at radius 2 is 2.27 bits per heavy atom. The summed E-state index contributed by atoms with van der Waals surface area (Å²) in [5, 5.41) is 4.14. The maximum Gasteiger partial charge on any atom is 0.0477 e. The zero-order valence-corrected chi connectivity index (χ0v) is 9.89. The van der Waals surface area contributed by atoms with Crippen LogP contribution in [0.3, 0.4) is 0 Å². The van der Waals surface area contributed by atoms with E-state index in [2.05, 4.69) is 11.4 Å². The number of halogens is 1. The zero-order valence-electron chi connectivity index (χ0n) is 9.13. The molecule has 3 heteroatoms. The van der Waals surface area contributed by atoms with Gasteiger partial charge in [0.25, 0.3) is 0 Å². The Kier molecular flexibility index (Phi) is 6.41. The van der Waals surface area contributed by atoms with Crippen molar-refractivity contribution in [3.05, 3.63) is 34.9 Å². The van der Waals surface area contributed by atoms with Crippen LogP contribution >= 0.6 is 11.6 Å². The lowest BCUT2D eigenvalue weighted by molar-refractivity contribution is 0.144. The molecule has 0 fully saturated rings. The van der Waals surface area contributed by atoms with Crippen molar-refractivity contribution >= 4 is 11.6 Å². The highest BCUT2D eigenvalue weighted by molar-refractivity contribution is 6.30. The van der Waals surface area contributed by atoms with Crippen LogP contribution in [0.4, 0.5) is 0 Å². The van der Waals surface area contributed by atoms with Crippen molar-refractivity contribution < 1.29 is 4.74 Å². The summed E-state index contributed by atoms with van der Waals surface area (Å²) in [5.41, 5.74) is 1.22. The van der Waals surface area contributed by atoms with E-state index in [0.717, 1.165) is 37.7 Å². The topological polar surface area (TPSA) is 21.3 Å². The van der Waals surface area contributed by atoms with Crippen LogP contribution in [0.25, 0.3) is 0 Å². The van der Waals surface area contributed by atoms with Crippen LogP contribution in [0, 0.1) is 0 Å². The van der Waals surface area contributed by atoms with E-state index >= 15 is 0 Å². The number of hydrogen-bond acceptors (Lipinski definition) is 2. The van der Waals surface area contributed by atoms with Crippen LogP contribution in [0.5, 0.6) is 0 Å². The van der Waals surface area contributed by atoms with E-state index in [0.29, 0.717) is 0 Å². The zero-order chi connectivity index (χ0) is 10.9. The van der Waals surface area contributed by atoms with Crippen molar-refractivity contribution in [3.8, 4) is 0 Å². The molecule has 0 spiro atoms. The lowest BCUT2D eigenvalue weighted by Gasteiger charge is -2.05. The van der Waals surface area contributed by atoms with Gasteiger partial charge in [0.1, 0.15) is 0 Å². The van der Waals surface area contributed by atoms with Gasteiger partial charge in [0.15, 0.2) is 0 Å². The molecule has 1 aromatic carbocycles. The molecule has 1 rings (SSSR count). The molecule has 0 saturated heterocycles. The minimum atomic E-state index is 0.795. The van der Waals surface area contributed by atoms with Crippen molar-refractivity contribution in [1.29, 1.82) is 0 Å². The molecular weight excluding hydrogens is 210 g/mol. The molecule has 1 N–H and O–H groups in total. The first-order valence-corrected chi connectivity index (χ1v) is 5.73. The predicted molar refractivity (Wildman–Crippen MR) is 64.3 cm³/mol. The smallest absolute Gasteiger partial charge is 0.0477 e. The minimum Gasteiger partial charge on any atom is -0.382 e. The van der Waals surface area contributed by atoms with Crippen LogP contribution in [0.2, 0.25) is 5.02 Å². The Morgan fingerprint density at radius 3 is 3.00 bits per heavy atom. The standard InChI is InChI=1S/C12H18ClNO/c1-2-15-8-4-7-14-10-11-5-3-6-12(13)9-11/h3,5-6,9,14H,2,4,7-8,10H2,1H3. The molecule has 0 aliphatic carbocycles. The molecular formula is C12H18ClNO. The lowest BCUT2D eigenvalue weighted by Crippen LogP contribution is -2.16. The van der Waals surface area contributed by atoms with Crippen LogP contribution < -0.4 is 5.32 Å². The van der Waals surface area contributed by atoms with E-state index in [9.17, 15) is 0 Å². The third kappa shape index (κ3) is 5.78. The second-order valence-corrected chi connectivity index (χ2v) is 3.79. The first kappa shape index (κ1) is 12.5. The Morgan fingerprint density at radius 1 is 1.40 bits per heavy atom. The van der Waals surface area contributed by atoms with E-state index in [1.54, 1.807) is 0 Å². The molecule has 0 bridgehead atoms. The Balaban J connectivity index is 2.10. The quantitative estimate of drug-likeness (QED) is 0.724. The first-order chi connectivity index (χ1) is 7.33. The molecule has 1 aromatic rings. The molecule has 0 heterocycles. The van der Waals surface area contributed by atoms with Gasteiger partial charge in [-0.25, -0.2) is 0 Å². The molecule has 15 heavy (non-hydrogen) atoms. The van der Waals surface area contributed by atoms with Crippen LogP contribution in [0.15, 0.2) is 24.3 Å². The summed E-state index contributed by atoms with van der Waals surface area (Å²) < 4.78 is 5.24. The second kappa shape index (κ2) is 7.69. The highest BCUT2D eigenvalue weighted by Crippen LogP contribution is 2.09. The highest BCUT2D eigenvalue weighted by Gasteiger charge is 1.93. The molecule has 0 radical (unpaired) electrons. The summed E-state index contributed by atoms with van der Waals surface area (Å²) in [6.07, 6.45) is 1.05. The maximum atomic E-state index is 5.88. The fraction of sp³-hybridized carbons (Fsp3) is 0.500. The monoisotopic (exact) mass is 227 g/mol. The first-order valence-electron chi connectivity index (χ1n) is 5.36. The van der Waals surface area contributed by atoms with E-state index in [-0.39, 0.29) is 0 Å². The van der Waals surface area contributed by atoms with E-state index in [1.165, 1.54) is 5.56 Å². The normalized spacial score (nSPS) is 10.5. The van der Waals surface area contributed by atoms with Gasteiger partial charge in [-0.3, -0.25) is 0 Å². The number of hydrogen-bond donors (Lipinski definition) is 1. The third-order valence-electron chi connectivity index (χ3n) is 2.06. The molecule has 2 nitrogen and oxygen atoms in total. The van der Waals surface area contributed by atoms with Gasteiger partial charge in [-0.2, -0.15) is 0 Å². The van der Waals surface area contributed by atoms with E-state index < -0.39 is 0 Å². The number of nitrogens with one attached hydrogen (secondary N) is 1. The molecule has 84 valence electrons. The van der Waals surface area contributed by atoms with Crippen LogP contribution in [-0.2, 0) is 11.3 Å². The van der Waals surface area contributed by atoms with Gasteiger partial charge in [0.05, 0.1) is 0 Å². The van der Waals surface area contributed by atoms with Gasteiger partial charge in [-0.1, -0.05) is 23.7 Å². The summed E-state index contributed by atoms with van der Waals surface area (Å²) in [4.78, 5) is 0. The average Bonchev–Trinajstić information content (AvgIpc) is 2.23. The van der Waals surface area contributed by atoms with Gasteiger partial charge in [-0.15, -0.1) is 0 Å². The average molecular weight is 228 g/mol. The predicted octanol–water partition coefficient (Wildman–Crippen LogP) is 2.86. The van der Waals surface area contributed by atoms with Gasteiger partial charge < -0.3 is 10.1 Å². The van der Waals surface area contributed by atoms with Gasteiger partial charge in [0, 0.05) is 24.8 Å². The van der Waals surface area contributed by atoms with Gasteiger partial charge >= 0.3 is 0 Å². The van der Waals surface area contributed by atoms with Crippen molar-refractivity contribution in [2.75, 3.05) is 19.8 Å². The van der Waals surface area contributed by atoms with Crippen molar-refractivity contribution in [3.63, 3.8) is 0 Å². The van der Waals surface area contributed by atoms with Crippen molar-refractivity contribution in [2.45, 2.75) is 19.9 Å². The van der Waals surface area contributed by atoms with Gasteiger partial charge in [0.2, 0.25) is 0 Å². The van der Waals surface area contributed by atoms with Gasteiger partial charge in [-0.05, 0) is 37.6 Å². The Labute approximate surface area is 96.6 Å². The number of benzene rings is 1. The fourth-order valence-electron chi connectivity index (χ4n) is 1.32. The largest absolute Gasteiger partial charge is 0.382 e. The minimum absolute atomic E-state index is 0.795. The number of rotatable bonds is 7. The summed E-state index contributed by atoms with van der Waals surface area (Å²) in [5.74, 6) is 0. The fourth-order valence-corrected chi connectivity index (χ4v) is 1.54. The molecule has 0 atom stereocenters. The second-order valence-electron chi connectivity index (χ2n) is 3.36. The van der Waals surface area contributed by atoms with E-state index in [4.69, 9.17) is 16.3 Å². The molecule has 0 saturated carbocycles. The Bertz CT molecular complexity index is 278. The van der Waals surface area contributed by atoms with Crippen molar-refractivity contribution in [2.24, 2.45) is 0 Å². The van der Waals surface area contributed by atoms with E-state index in [1.807, 2.05) is 25.1 Å². The molecule has 0 aliphatic rings. The van der Waals surface area contributed by atoms with Crippen molar-refractivity contribution in [1.82, 2.24) is 5.32 Å². The van der Waals surface area contributed by atoms with Crippen LogP contribution in [-0.4, -0.2) is 19.8 Å². The van der Waals surface area contributed by atoms with Crippen LogP contribution in [0.1, 0.15) is 18.9 Å². The summed E-state index contributed by atoms with van der Waals surface area (Å²) >= 11 is 5.88. The molecule has 0 aromatic heterocycles.